The molecule has 8 nitrogen and oxygen atoms in total. The van der Waals surface area contributed by atoms with Gasteiger partial charge in [-0.05, 0) is 0 Å². The van der Waals surface area contributed by atoms with Gasteiger partial charge in [-0.3, -0.25) is 4.57 Å². The van der Waals surface area contributed by atoms with Crippen LogP contribution in [0.5, 0.6) is 0 Å². The van der Waals surface area contributed by atoms with Gasteiger partial charge in [-0.2, -0.15) is 0 Å². The third-order valence-corrected chi connectivity index (χ3v) is 3.13. The molecule has 0 amide bonds. The minimum Gasteiger partial charge on any atom is -0.394 e. The number of halogens is 1. The van der Waals surface area contributed by atoms with Crippen molar-refractivity contribution >= 4 is 17.0 Å². The number of hydrogen-bond acceptors (Lipinski definition) is 7. The first-order valence-corrected chi connectivity index (χ1v) is 5.65. The lowest BCUT2D eigenvalue weighted by Gasteiger charge is -2.15. The lowest BCUT2D eigenvalue weighted by molar-refractivity contribution is -0.0495. The van der Waals surface area contributed by atoms with Gasteiger partial charge in [0.2, 0.25) is 0 Å². The highest BCUT2D eigenvalue weighted by atomic mass is 19.1. The number of nitrogen functional groups attached to an aromatic ring is 1. The molecule has 0 bridgehead atoms. The van der Waals surface area contributed by atoms with E-state index in [1.165, 1.54) is 17.2 Å². The van der Waals surface area contributed by atoms with E-state index in [-0.39, 0.29) is 5.82 Å². The summed E-state index contributed by atoms with van der Waals surface area (Å²) in [7, 11) is 0. The number of nitrogens with two attached hydrogens (primary N) is 1. The third kappa shape index (κ3) is 1.74. The molecule has 2 aromatic heterocycles. The highest BCUT2D eigenvalue weighted by molar-refractivity contribution is 5.81. The van der Waals surface area contributed by atoms with E-state index in [0.717, 1.165) is 0 Å². The van der Waals surface area contributed by atoms with Gasteiger partial charge in [-0.25, -0.2) is 19.3 Å². The van der Waals surface area contributed by atoms with Crippen LogP contribution in [-0.2, 0) is 4.74 Å². The molecule has 102 valence electrons. The fourth-order valence-corrected chi connectivity index (χ4v) is 2.14. The fourth-order valence-electron chi connectivity index (χ4n) is 2.14. The maximum atomic E-state index is 13.7. The standard InChI is InChI=1S/C10H12FN5O3/c11-5-4(1-17)19-10(7(5)18)16-3-15-6-8(12)13-2-14-9(6)16/h2-5,7,10,17-18H,1H2,(H2,12,13,14)/t4-,5-,7-,10?/m1/s1. The summed E-state index contributed by atoms with van der Waals surface area (Å²) in [6.45, 7) is -0.515. The molecule has 0 aromatic carbocycles. The molecule has 1 fully saturated rings. The van der Waals surface area contributed by atoms with Gasteiger partial charge < -0.3 is 20.7 Å². The second-order valence-electron chi connectivity index (χ2n) is 4.27. The molecule has 19 heavy (non-hydrogen) atoms. The molecule has 4 N–H and O–H groups in total. The van der Waals surface area contributed by atoms with Crippen LogP contribution in [0.4, 0.5) is 10.2 Å². The van der Waals surface area contributed by atoms with Crippen LogP contribution in [0.1, 0.15) is 6.23 Å². The predicted molar refractivity (Wildman–Crippen MR) is 61.6 cm³/mol. The number of hydrogen-bond donors (Lipinski definition) is 3. The Labute approximate surface area is 106 Å². The Bertz CT molecular complexity index is 606. The molecule has 4 atom stereocenters. The molecule has 1 unspecified atom stereocenters. The summed E-state index contributed by atoms with van der Waals surface area (Å²) in [6, 6.07) is 0. The van der Waals surface area contributed by atoms with E-state index < -0.39 is 31.2 Å². The van der Waals surface area contributed by atoms with E-state index >= 15 is 0 Å². The molecule has 0 radical (unpaired) electrons. The van der Waals surface area contributed by atoms with Crippen LogP contribution < -0.4 is 5.73 Å². The predicted octanol–water partition coefficient (Wildman–Crippen LogP) is -1.00. The minimum atomic E-state index is -1.67. The Morgan fingerprint density at radius 2 is 2.21 bits per heavy atom. The van der Waals surface area contributed by atoms with Crippen LogP contribution in [0.25, 0.3) is 11.2 Å². The monoisotopic (exact) mass is 269 g/mol. The summed E-state index contributed by atoms with van der Waals surface area (Å²) in [4.78, 5) is 11.8. The molecule has 0 spiro atoms. The van der Waals surface area contributed by atoms with Crippen molar-refractivity contribution < 1.29 is 19.3 Å². The van der Waals surface area contributed by atoms with Gasteiger partial charge in [0.15, 0.2) is 23.9 Å². The second kappa shape index (κ2) is 4.37. The van der Waals surface area contributed by atoms with Gasteiger partial charge in [-0.15, -0.1) is 0 Å². The van der Waals surface area contributed by atoms with Crippen LogP contribution >= 0.6 is 0 Å². The summed E-state index contributed by atoms with van der Waals surface area (Å²) < 4.78 is 20.3. The Balaban J connectivity index is 2.04. The van der Waals surface area contributed by atoms with E-state index in [1.54, 1.807) is 0 Å². The number of anilines is 1. The van der Waals surface area contributed by atoms with Crippen molar-refractivity contribution in [2.75, 3.05) is 12.3 Å². The number of aromatic nitrogens is 4. The van der Waals surface area contributed by atoms with Crippen molar-refractivity contribution in [3.63, 3.8) is 0 Å². The smallest absolute Gasteiger partial charge is 0.167 e. The summed E-state index contributed by atoms with van der Waals surface area (Å²) >= 11 is 0. The van der Waals surface area contributed by atoms with Gasteiger partial charge in [0.05, 0.1) is 12.9 Å². The molecule has 9 heteroatoms. The van der Waals surface area contributed by atoms with E-state index in [2.05, 4.69) is 15.0 Å². The van der Waals surface area contributed by atoms with Gasteiger partial charge in [0, 0.05) is 0 Å². The van der Waals surface area contributed by atoms with E-state index in [1.807, 2.05) is 0 Å². The highest BCUT2D eigenvalue weighted by Gasteiger charge is 2.45. The third-order valence-electron chi connectivity index (χ3n) is 3.13. The van der Waals surface area contributed by atoms with Crippen molar-refractivity contribution in [1.82, 2.24) is 19.5 Å². The largest absolute Gasteiger partial charge is 0.394 e. The maximum Gasteiger partial charge on any atom is 0.167 e. The van der Waals surface area contributed by atoms with Crippen LogP contribution in [0.2, 0.25) is 0 Å². The SMILES string of the molecule is Nc1ncnc2c1ncn2C1O[C@H](CO)[C@@H](F)[C@H]1O. The summed E-state index contributed by atoms with van der Waals surface area (Å²) in [5, 5.41) is 18.8. The summed E-state index contributed by atoms with van der Waals surface area (Å²) in [5.74, 6) is 0.187. The molecule has 1 aliphatic heterocycles. The Kier molecular flexibility index (Phi) is 2.81. The zero-order valence-electron chi connectivity index (χ0n) is 9.72. The van der Waals surface area contributed by atoms with Crippen molar-refractivity contribution in [2.24, 2.45) is 0 Å². The molecule has 3 heterocycles. The van der Waals surface area contributed by atoms with Crippen molar-refractivity contribution in [3.8, 4) is 0 Å². The van der Waals surface area contributed by atoms with Crippen LogP contribution in [0.15, 0.2) is 12.7 Å². The maximum absolute atomic E-state index is 13.7. The highest BCUT2D eigenvalue weighted by Crippen LogP contribution is 2.33. The van der Waals surface area contributed by atoms with Gasteiger partial charge in [0.25, 0.3) is 0 Å². The first-order chi connectivity index (χ1) is 9.13. The number of imidazole rings is 1. The van der Waals surface area contributed by atoms with Gasteiger partial charge in [-0.1, -0.05) is 0 Å². The van der Waals surface area contributed by atoms with Crippen LogP contribution in [0, 0.1) is 0 Å². The Hall–Kier alpha value is -1.84. The molecular weight excluding hydrogens is 257 g/mol. The number of alkyl halides is 1. The fraction of sp³-hybridized carbons (Fsp3) is 0.500. The number of aliphatic hydroxyl groups is 2. The normalized spacial score (nSPS) is 31.1. The number of rotatable bonds is 2. The van der Waals surface area contributed by atoms with Gasteiger partial charge in [0.1, 0.15) is 24.1 Å². The first kappa shape index (κ1) is 12.2. The zero-order valence-corrected chi connectivity index (χ0v) is 9.72. The van der Waals surface area contributed by atoms with Crippen LogP contribution in [-0.4, -0.2) is 54.7 Å². The zero-order chi connectivity index (χ0) is 13.6. The topological polar surface area (TPSA) is 119 Å². The average Bonchev–Trinajstić information content (AvgIpc) is 2.94. The number of fused-ring (bicyclic) bond motifs is 1. The molecule has 1 aliphatic rings. The Morgan fingerprint density at radius 3 is 2.89 bits per heavy atom. The lowest BCUT2D eigenvalue weighted by atomic mass is 10.1. The second-order valence-corrected chi connectivity index (χ2v) is 4.27. The van der Waals surface area contributed by atoms with E-state index in [0.29, 0.717) is 11.2 Å². The summed E-state index contributed by atoms with van der Waals surface area (Å²) in [6.07, 6.45) is -2.58. The quantitative estimate of drug-likeness (QED) is 0.639. The number of ether oxygens (including phenoxy) is 1. The molecule has 0 aliphatic carbocycles. The van der Waals surface area contributed by atoms with Crippen molar-refractivity contribution in [1.29, 1.82) is 0 Å². The van der Waals surface area contributed by atoms with Gasteiger partial charge >= 0.3 is 0 Å². The summed E-state index contributed by atoms with van der Waals surface area (Å²) in [5.41, 5.74) is 6.32. The molecule has 1 saturated heterocycles. The molecule has 2 aromatic rings. The van der Waals surface area contributed by atoms with Crippen molar-refractivity contribution in [3.05, 3.63) is 12.7 Å². The number of aliphatic hydroxyl groups excluding tert-OH is 2. The Morgan fingerprint density at radius 1 is 1.42 bits per heavy atom. The first-order valence-electron chi connectivity index (χ1n) is 5.65. The lowest BCUT2D eigenvalue weighted by Crippen LogP contribution is -2.29. The average molecular weight is 269 g/mol. The molecule has 3 rings (SSSR count). The van der Waals surface area contributed by atoms with Crippen LogP contribution in [0.3, 0.4) is 0 Å². The number of nitrogens with zero attached hydrogens (tertiary/aromatic N) is 4. The minimum absolute atomic E-state index is 0.187. The van der Waals surface area contributed by atoms with E-state index in [4.69, 9.17) is 15.6 Å². The van der Waals surface area contributed by atoms with Crippen molar-refractivity contribution in [2.45, 2.75) is 24.6 Å². The van der Waals surface area contributed by atoms with E-state index in [9.17, 15) is 9.50 Å². The molecular formula is C10H12FN5O3. The molecule has 0 saturated carbocycles.